The fourth-order valence-corrected chi connectivity index (χ4v) is 3.31. The van der Waals surface area contributed by atoms with Crippen molar-refractivity contribution in [1.29, 1.82) is 0 Å². The second-order valence-electron chi connectivity index (χ2n) is 6.21. The fraction of sp³-hybridized carbons (Fsp3) is 0.0909. The van der Waals surface area contributed by atoms with Crippen LogP contribution in [0.5, 0.6) is 0 Å². The Morgan fingerprint density at radius 2 is 1.50 bits per heavy atom. The van der Waals surface area contributed by atoms with Gasteiger partial charge in [0.1, 0.15) is 0 Å². The molecule has 1 amide bonds. The van der Waals surface area contributed by atoms with E-state index in [1.807, 2.05) is 72.8 Å². The second kappa shape index (κ2) is 7.14. The van der Waals surface area contributed by atoms with Crippen LogP contribution in [-0.2, 0) is 0 Å². The molecule has 0 unspecified atom stereocenters. The summed E-state index contributed by atoms with van der Waals surface area (Å²) in [5.74, 6) is -0.0551. The van der Waals surface area contributed by atoms with Crippen LogP contribution in [0, 0.1) is 0 Å². The van der Waals surface area contributed by atoms with E-state index in [1.54, 1.807) is 5.01 Å². The molecule has 0 aliphatic carbocycles. The van der Waals surface area contributed by atoms with Crippen LogP contribution in [0.2, 0.25) is 5.02 Å². The molecule has 3 aromatic rings. The van der Waals surface area contributed by atoms with Crippen LogP contribution < -0.4 is 0 Å². The van der Waals surface area contributed by atoms with E-state index >= 15 is 0 Å². The molecule has 26 heavy (non-hydrogen) atoms. The highest BCUT2D eigenvalue weighted by atomic mass is 35.5. The number of amides is 1. The van der Waals surface area contributed by atoms with Crippen LogP contribution in [0.15, 0.2) is 90.0 Å². The highest BCUT2D eigenvalue weighted by molar-refractivity contribution is 6.30. The SMILES string of the molecule is O=C(c1ccccc1)N1C[C@H](c2ccccc2)C(c2ccc(Cl)cc2)=N1. The minimum atomic E-state index is -0.0875. The van der Waals surface area contributed by atoms with E-state index in [2.05, 4.69) is 17.2 Å². The average Bonchev–Trinajstić information content (AvgIpc) is 3.15. The van der Waals surface area contributed by atoms with Crippen LogP contribution in [0.4, 0.5) is 0 Å². The summed E-state index contributed by atoms with van der Waals surface area (Å²) < 4.78 is 0. The van der Waals surface area contributed by atoms with Gasteiger partial charge < -0.3 is 0 Å². The molecule has 128 valence electrons. The Kier molecular flexibility index (Phi) is 4.55. The maximum absolute atomic E-state index is 12.9. The van der Waals surface area contributed by atoms with E-state index in [1.165, 1.54) is 0 Å². The second-order valence-corrected chi connectivity index (χ2v) is 6.65. The van der Waals surface area contributed by atoms with Gasteiger partial charge in [0.05, 0.1) is 12.3 Å². The minimum absolute atomic E-state index is 0.0324. The summed E-state index contributed by atoms with van der Waals surface area (Å²) >= 11 is 6.03. The van der Waals surface area contributed by atoms with Crippen molar-refractivity contribution in [3.05, 3.63) is 107 Å². The van der Waals surface area contributed by atoms with Crippen molar-refractivity contribution in [1.82, 2.24) is 5.01 Å². The molecule has 0 spiro atoms. The van der Waals surface area contributed by atoms with E-state index in [-0.39, 0.29) is 11.8 Å². The van der Waals surface area contributed by atoms with Gasteiger partial charge in [-0.05, 0) is 35.4 Å². The molecule has 1 heterocycles. The predicted octanol–water partition coefficient (Wildman–Crippen LogP) is 4.98. The van der Waals surface area contributed by atoms with Crippen molar-refractivity contribution in [2.75, 3.05) is 6.54 Å². The van der Waals surface area contributed by atoms with Crippen molar-refractivity contribution < 1.29 is 4.79 Å². The van der Waals surface area contributed by atoms with Crippen molar-refractivity contribution in [2.45, 2.75) is 5.92 Å². The predicted molar refractivity (Wildman–Crippen MR) is 105 cm³/mol. The highest BCUT2D eigenvalue weighted by Crippen LogP contribution is 2.30. The minimum Gasteiger partial charge on any atom is -0.267 e. The monoisotopic (exact) mass is 360 g/mol. The number of hydrogen-bond acceptors (Lipinski definition) is 2. The van der Waals surface area contributed by atoms with Gasteiger partial charge in [0.15, 0.2) is 0 Å². The number of halogens is 1. The molecule has 0 fully saturated rings. The lowest BCUT2D eigenvalue weighted by molar-refractivity contribution is 0.0774. The lowest BCUT2D eigenvalue weighted by Gasteiger charge is -2.15. The summed E-state index contributed by atoms with van der Waals surface area (Å²) in [5.41, 5.74) is 3.65. The molecule has 1 aliphatic heterocycles. The highest BCUT2D eigenvalue weighted by Gasteiger charge is 2.32. The Bertz CT molecular complexity index is 937. The molecule has 0 N–H and O–H groups in total. The number of hydrogen-bond donors (Lipinski definition) is 0. The first kappa shape index (κ1) is 16.6. The Morgan fingerprint density at radius 1 is 0.885 bits per heavy atom. The van der Waals surface area contributed by atoms with Gasteiger partial charge in [-0.2, -0.15) is 5.10 Å². The summed E-state index contributed by atoms with van der Waals surface area (Å²) in [4.78, 5) is 12.9. The van der Waals surface area contributed by atoms with Crippen LogP contribution in [0.1, 0.15) is 27.4 Å². The molecule has 1 atom stereocenters. The van der Waals surface area contributed by atoms with Gasteiger partial charge in [0.2, 0.25) is 0 Å². The first-order valence-corrected chi connectivity index (χ1v) is 8.86. The Hall–Kier alpha value is -2.91. The zero-order valence-electron chi connectivity index (χ0n) is 14.0. The molecule has 4 heteroatoms. The van der Waals surface area contributed by atoms with Gasteiger partial charge in [0.25, 0.3) is 5.91 Å². The number of carbonyl (C=O) groups is 1. The third-order valence-electron chi connectivity index (χ3n) is 4.51. The number of nitrogens with zero attached hydrogens (tertiary/aromatic N) is 2. The maximum Gasteiger partial charge on any atom is 0.273 e. The van der Waals surface area contributed by atoms with Gasteiger partial charge in [-0.1, -0.05) is 72.3 Å². The number of carbonyl (C=O) groups excluding carboxylic acids is 1. The van der Waals surface area contributed by atoms with Gasteiger partial charge in [-0.25, -0.2) is 5.01 Å². The molecular formula is C22H17ClN2O. The van der Waals surface area contributed by atoms with E-state index in [0.29, 0.717) is 17.1 Å². The van der Waals surface area contributed by atoms with Crippen molar-refractivity contribution in [2.24, 2.45) is 5.10 Å². The van der Waals surface area contributed by atoms with Gasteiger partial charge in [0, 0.05) is 16.5 Å². The lowest BCUT2D eigenvalue weighted by Crippen LogP contribution is -2.25. The topological polar surface area (TPSA) is 32.7 Å². The summed E-state index contributed by atoms with van der Waals surface area (Å²) in [5, 5.41) is 6.93. The summed E-state index contributed by atoms with van der Waals surface area (Å²) in [6, 6.07) is 27.0. The van der Waals surface area contributed by atoms with E-state index in [4.69, 9.17) is 11.6 Å². The average molecular weight is 361 g/mol. The van der Waals surface area contributed by atoms with Crippen molar-refractivity contribution in [3.8, 4) is 0 Å². The first-order valence-electron chi connectivity index (χ1n) is 8.48. The zero-order valence-corrected chi connectivity index (χ0v) is 14.8. The maximum atomic E-state index is 12.9. The van der Waals surface area contributed by atoms with Gasteiger partial charge in [-0.15, -0.1) is 0 Å². The smallest absolute Gasteiger partial charge is 0.267 e. The quantitative estimate of drug-likeness (QED) is 0.648. The standard InChI is InChI=1S/C22H17ClN2O/c23-19-13-11-17(12-14-19)21-20(16-7-3-1-4-8-16)15-25(24-21)22(26)18-9-5-2-6-10-18/h1-14,20H,15H2/t20-/m1/s1. The molecule has 0 aromatic heterocycles. The normalized spacial score (nSPS) is 16.4. The van der Waals surface area contributed by atoms with E-state index in [0.717, 1.165) is 16.8 Å². The largest absolute Gasteiger partial charge is 0.273 e. The third kappa shape index (κ3) is 3.26. The van der Waals surface area contributed by atoms with E-state index in [9.17, 15) is 4.79 Å². The summed E-state index contributed by atoms with van der Waals surface area (Å²) in [6.07, 6.45) is 0. The molecule has 3 aromatic carbocycles. The van der Waals surface area contributed by atoms with Gasteiger partial charge >= 0.3 is 0 Å². The van der Waals surface area contributed by atoms with Crippen molar-refractivity contribution >= 4 is 23.2 Å². The Balaban J connectivity index is 1.72. The molecular weight excluding hydrogens is 344 g/mol. The Morgan fingerprint density at radius 3 is 2.15 bits per heavy atom. The van der Waals surface area contributed by atoms with Crippen LogP contribution >= 0.6 is 11.6 Å². The van der Waals surface area contributed by atoms with Crippen LogP contribution in [-0.4, -0.2) is 23.2 Å². The Labute approximate surface area is 157 Å². The van der Waals surface area contributed by atoms with Crippen LogP contribution in [0.3, 0.4) is 0 Å². The van der Waals surface area contributed by atoms with E-state index < -0.39 is 0 Å². The molecule has 0 bridgehead atoms. The van der Waals surface area contributed by atoms with Crippen molar-refractivity contribution in [3.63, 3.8) is 0 Å². The molecule has 0 saturated heterocycles. The number of hydrazone groups is 1. The molecule has 1 aliphatic rings. The van der Waals surface area contributed by atoms with Crippen LogP contribution in [0.25, 0.3) is 0 Å². The molecule has 0 saturated carbocycles. The molecule has 0 radical (unpaired) electrons. The lowest BCUT2D eigenvalue weighted by atomic mass is 9.90. The first-order chi connectivity index (χ1) is 12.7. The summed E-state index contributed by atoms with van der Waals surface area (Å²) in [6.45, 7) is 0.524. The summed E-state index contributed by atoms with van der Waals surface area (Å²) in [7, 11) is 0. The van der Waals surface area contributed by atoms with Gasteiger partial charge in [-0.3, -0.25) is 4.79 Å². The molecule has 4 rings (SSSR count). The molecule has 3 nitrogen and oxygen atoms in total. The number of rotatable bonds is 3. The zero-order chi connectivity index (χ0) is 17.9. The number of benzene rings is 3. The third-order valence-corrected chi connectivity index (χ3v) is 4.76. The fourth-order valence-electron chi connectivity index (χ4n) is 3.19.